The molecule has 20 heteroatoms. The van der Waals surface area contributed by atoms with Gasteiger partial charge in [0.25, 0.3) is 11.7 Å². The summed E-state index contributed by atoms with van der Waals surface area (Å²) in [7, 11) is 6.99. The third-order valence-corrected chi connectivity index (χ3v) is 17.7. The van der Waals surface area contributed by atoms with Gasteiger partial charge in [-0.1, -0.05) is 38.5 Å². The van der Waals surface area contributed by atoms with Gasteiger partial charge in [-0.3, -0.25) is 14.4 Å². The number of allylic oxidation sites excluding steroid dienone is 3. The Balaban J connectivity index is 1.07. The van der Waals surface area contributed by atoms with Crippen molar-refractivity contribution < 1.29 is 68.1 Å². The number of aliphatic hydroxyl groups is 4. The van der Waals surface area contributed by atoms with Crippen molar-refractivity contribution in [3.8, 4) is 10.6 Å². The molecule has 0 unspecified atom stereocenters. The summed E-state index contributed by atoms with van der Waals surface area (Å²) in [5.74, 6) is -9.14. The van der Waals surface area contributed by atoms with Crippen LogP contribution in [0.4, 0.5) is 16.2 Å². The number of esters is 1. The van der Waals surface area contributed by atoms with Crippen LogP contribution in [0.25, 0.3) is 20.8 Å². The van der Waals surface area contributed by atoms with Gasteiger partial charge in [0.05, 0.1) is 47.3 Å². The van der Waals surface area contributed by atoms with E-state index in [-0.39, 0.29) is 69.4 Å². The number of anilines is 2. The Kier molecular flexibility index (Phi) is 21.9. The number of ether oxygens (including phenoxy) is 5. The van der Waals surface area contributed by atoms with Crippen LogP contribution in [0.5, 0.6) is 0 Å². The van der Waals surface area contributed by atoms with Crippen LogP contribution in [0, 0.1) is 29.6 Å². The highest BCUT2D eigenvalue weighted by Crippen LogP contribution is 2.39. The van der Waals surface area contributed by atoms with Crippen LogP contribution in [-0.4, -0.2) is 169 Å². The number of Topliss-reactive ketones (excluding diaryl/α,β-unsaturated/α-hetero) is 2. The van der Waals surface area contributed by atoms with E-state index in [0.29, 0.717) is 50.6 Å². The molecule has 1 aliphatic carbocycles. The van der Waals surface area contributed by atoms with E-state index in [0.717, 1.165) is 42.6 Å². The molecule has 2 saturated heterocycles. The second-order valence-electron chi connectivity index (χ2n) is 23.0. The molecular weight excluding hydrogens is 1050 g/mol. The van der Waals surface area contributed by atoms with Crippen LogP contribution < -0.4 is 15.5 Å². The van der Waals surface area contributed by atoms with Gasteiger partial charge in [-0.2, -0.15) is 0 Å². The molecule has 2 aromatic carbocycles. The lowest BCUT2D eigenvalue weighted by molar-refractivity contribution is -0.301. The largest absolute Gasteiger partial charge is 0.456 e. The fraction of sp³-hybridized carbons (Fsp3) is 0.633. The minimum absolute atomic E-state index is 0.0190. The molecule has 19 nitrogen and oxygen atoms in total. The Morgan fingerprint density at radius 1 is 0.912 bits per heavy atom. The first kappa shape index (κ1) is 62.3. The first-order chi connectivity index (χ1) is 38.1. The van der Waals surface area contributed by atoms with Gasteiger partial charge in [-0.05, 0) is 138 Å². The predicted octanol–water partition coefficient (Wildman–Crippen LogP) is 6.98. The number of rotatable bonds is 13. The molecule has 6 N–H and O–H groups in total. The number of carbonyl (C=O) groups is 5. The third kappa shape index (κ3) is 15.4. The quantitative estimate of drug-likeness (QED) is 0.0437. The topological polar surface area (TPSA) is 256 Å². The van der Waals surface area contributed by atoms with Crippen LogP contribution >= 0.6 is 11.3 Å². The first-order valence-electron chi connectivity index (χ1n) is 28.4. The number of aromatic nitrogens is 1. The summed E-state index contributed by atoms with van der Waals surface area (Å²) in [4.78, 5) is 78.8. The molecular formula is C60H85N5O14S. The highest BCUT2D eigenvalue weighted by molar-refractivity contribution is 7.21. The molecule has 80 heavy (non-hydrogen) atoms. The minimum Gasteiger partial charge on any atom is -0.456 e. The van der Waals surface area contributed by atoms with Gasteiger partial charge in [0.2, 0.25) is 5.79 Å². The number of benzene rings is 2. The van der Waals surface area contributed by atoms with Crippen molar-refractivity contribution in [2.75, 3.05) is 64.8 Å². The Bertz CT molecular complexity index is 2680. The van der Waals surface area contributed by atoms with Gasteiger partial charge in [0, 0.05) is 89.1 Å². The third-order valence-electron chi connectivity index (χ3n) is 16.6. The molecule has 3 aliphatic heterocycles. The predicted molar refractivity (Wildman–Crippen MR) is 305 cm³/mol. The van der Waals surface area contributed by atoms with Crippen molar-refractivity contribution in [3.05, 3.63) is 65.8 Å². The van der Waals surface area contributed by atoms with Crippen LogP contribution in [-0.2, 0) is 42.9 Å². The molecule has 14 atom stereocenters. The standard InChI is InChI=1S/C60H85N5O14S/c1-34-26-35(2)28-49(69)54-51(76-9)30-37(4)60(74,79-54)55(70)57(71)65-24-11-10-12-45(65)58(72)78-53(36(3)29-39-13-19-46(66)50(31-39)75-8)38(5)47(67)33-48(68)41(27-34)21-25-77-59(73)62-23-22-61-42-16-20-52-44(32-42)63-56(80-52)40-14-17-43(18-15-40)64(6)7/h14-18,20,27,29,32,35,37-39,41,45-47,49-51,53-54,61,66-67,69,74H,10-13,19,21-26,28,30-31,33H2,1-9H3,(H,62,73)/b34-27+,36-29+/t35-,37+,38+,39-,41+,45-,46+,47-,49-,50+,51-,53+,54+,60+/m0/s1. The Morgan fingerprint density at radius 3 is 2.36 bits per heavy atom. The van der Waals surface area contributed by atoms with E-state index in [2.05, 4.69) is 34.9 Å². The van der Waals surface area contributed by atoms with Crippen molar-refractivity contribution in [2.45, 2.75) is 160 Å². The number of ketones is 2. The van der Waals surface area contributed by atoms with Crippen LogP contribution in [0.2, 0.25) is 0 Å². The number of fused-ring (bicyclic) bond motifs is 4. The number of hydrogen-bond acceptors (Lipinski definition) is 18. The molecule has 4 aliphatic rings. The average molecular weight is 1130 g/mol. The van der Waals surface area contributed by atoms with E-state index >= 15 is 0 Å². The molecule has 1 saturated carbocycles. The lowest BCUT2D eigenvalue weighted by atomic mass is 9.81. The molecule has 2 amide bonds. The fourth-order valence-electron chi connectivity index (χ4n) is 11.9. The van der Waals surface area contributed by atoms with E-state index in [1.54, 1.807) is 45.3 Å². The smallest absolute Gasteiger partial charge is 0.407 e. The van der Waals surface area contributed by atoms with Crippen LogP contribution in [0.3, 0.4) is 0 Å². The number of amides is 2. The summed E-state index contributed by atoms with van der Waals surface area (Å²) >= 11 is 1.62. The number of nitrogens with one attached hydrogen (secondary N) is 2. The summed E-state index contributed by atoms with van der Waals surface area (Å²) < 4.78 is 30.4. The summed E-state index contributed by atoms with van der Waals surface area (Å²) in [6.07, 6.45) is -0.538. The summed E-state index contributed by atoms with van der Waals surface area (Å²) in [5, 5.41) is 53.4. The number of aliphatic hydroxyl groups excluding tert-OH is 3. The molecule has 7 rings (SSSR count). The highest BCUT2D eigenvalue weighted by Gasteiger charge is 2.56. The second kappa shape index (κ2) is 28.1. The van der Waals surface area contributed by atoms with Crippen molar-refractivity contribution in [2.24, 2.45) is 29.6 Å². The molecule has 0 radical (unpaired) electrons. The zero-order chi connectivity index (χ0) is 58.0. The minimum atomic E-state index is -2.65. The molecule has 0 spiro atoms. The van der Waals surface area contributed by atoms with E-state index in [1.807, 2.05) is 57.1 Å². The van der Waals surface area contributed by atoms with Crippen molar-refractivity contribution in [3.63, 3.8) is 0 Å². The number of methoxy groups -OCH3 is 2. The summed E-state index contributed by atoms with van der Waals surface area (Å²) in [5.41, 5.74) is 5.21. The van der Waals surface area contributed by atoms with Crippen LogP contribution in [0.1, 0.15) is 105 Å². The molecule has 3 fully saturated rings. The summed E-state index contributed by atoms with van der Waals surface area (Å²) in [6.45, 7) is 9.31. The molecule has 1 aromatic heterocycles. The Morgan fingerprint density at radius 2 is 1.65 bits per heavy atom. The number of carbonyl (C=O) groups excluding carboxylic acids is 5. The number of nitrogens with zero attached hydrogens (tertiary/aromatic N) is 3. The van der Waals surface area contributed by atoms with Crippen molar-refractivity contribution in [1.29, 1.82) is 0 Å². The van der Waals surface area contributed by atoms with Gasteiger partial charge in [0.1, 0.15) is 29.0 Å². The summed E-state index contributed by atoms with van der Waals surface area (Å²) in [6, 6.07) is 13.0. The van der Waals surface area contributed by atoms with Gasteiger partial charge in [0.15, 0.2) is 0 Å². The molecule has 3 aromatic rings. The Hall–Kier alpha value is -5.32. The van der Waals surface area contributed by atoms with Gasteiger partial charge < -0.3 is 64.5 Å². The molecule has 4 heterocycles. The number of thiazole rings is 1. The van der Waals surface area contributed by atoms with Crippen molar-refractivity contribution in [1.82, 2.24) is 15.2 Å². The monoisotopic (exact) mass is 1130 g/mol. The zero-order valence-electron chi connectivity index (χ0n) is 47.9. The van der Waals surface area contributed by atoms with Gasteiger partial charge >= 0.3 is 12.1 Å². The molecule has 440 valence electrons. The Labute approximate surface area is 474 Å². The van der Waals surface area contributed by atoms with E-state index in [9.17, 15) is 44.4 Å². The average Bonchev–Trinajstić information content (AvgIpc) is 3.99. The van der Waals surface area contributed by atoms with Gasteiger partial charge in [-0.15, -0.1) is 11.3 Å². The number of cyclic esters (lactones) is 1. The van der Waals surface area contributed by atoms with E-state index in [1.165, 1.54) is 7.11 Å². The SMILES string of the molecule is CO[C@H]1C[C@@H](C)[C@@]2(O)O[C@@H]1[C@@H](O)C[C@@H](C)C/C(C)=C/[C@@H](CCOC(=O)NCCNc1ccc3sc(-c4ccc(N(C)C)cc4)nc3c1)C(=O)C[C@H](O)[C@@H](C)[C@@H](/C(C)=C/[C@@H]1CC[C@@H](O)[C@H](OC)C1)OC(=O)[C@@H]1CCCCN1C(=O)C2=O. The maximum Gasteiger partial charge on any atom is 0.407 e. The highest BCUT2D eigenvalue weighted by atomic mass is 32.1. The van der Waals surface area contributed by atoms with Gasteiger partial charge in [-0.25, -0.2) is 14.6 Å². The van der Waals surface area contributed by atoms with E-state index in [4.69, 9.17) is 28.7 Å². The lowest BCUT2D eigenvalue weighted by Crippen LogP contribution is -2.64. The number of alkyl carbamates (subject to hydrolysis) is 1. The molecule has 2 bridgehead atoms. The van der Waals surface area contributed by atoms with Crippen LogP contribution in [0.15, 0.2) is 65.8 Å². The van der Waals surface area contributed by atoms with E-state index < -0.39 is 96.1 Å². The first-order valence-corrected chi connectivity index (χ1v) is 29.2. The number of piperidine rings is 1. The fourth-order valence-corrected chi connectivity index (χ4v) is 12.8. The second-order valence-corrected chi connectivity index (χ2v) is 24.0. The lowest BCUT2D eigenvalue weighted by Gasteiger charge is -2.46. The maximum absolute atomic E-state index is 14.6. The zero-order valence-corrected chi connectivity index (χ0v) is 48.7. The van der Waals surface area contributed by atoms with Crippen molar-refractivity contribution >= 4 is 62.5 Å². The normalized spacial score (nSPS) is 32.5. The number of hydrogen-bond donors (Lipinski definition) is 6. The maximum atomic E-state index is 14.6.